The van der Waals surface area contributed by atoms with Crippen LogP contribution in [0.15, 0.2) is 90.1 Å². The molecule has 8 heteroatoms. The van der Waals surface area contributed by atoms with E-state index in [1.807, 2.05) is 36.4 Å². The normalized spacial score (nSPS) is 11.1. The van der Waals surface area contributed by atoms with Crippen LogP contribution < -0.4 is 10.9 Å². The van der Waals surface area contributed by atoms with Crippen LogP contribution in [0.2, 0.25) is 5.02 Å². The minimum absolute atomic E-state index is 0.163. The number of anilines is 1. The van der Waals surface area contributed by atoms with Gasteiger partial charge in [-0.25, -0.2) is 4.98 Å². The number of imidazole rings is 1. The van der Waals surface area contributed by atoms with E-state index >= 15 is 0 Å². The summed E-state index contributed by atoms with van der Waals surface area (Å²) in [6.07, 6.45) is 8.13. The molecule has 0 saturated heterocycles. The van der Waals surface area contributed by atoms with Gasteiger partial charge in [-0.3, -0.25) is 19.0 Å². The molecule has 7 nitrogen and oxygen atoms in total. The predicted molar refractivity (Wildman–Crippen MR) is 147 cm³/mol. The van der Waals surface area contributed by atoms with E-state index in [2.05, 4.69) is 21.8 Å². The molecule has 5 rings (SSSR count). The van der Waals surface area contributed by atoms with Gasteiger partial charge in [-0.1, -0.05) is 55.6 Å². The van der Waals surface area contributed by atoms with Crippen LogP contribution in [-0.2, 0) is 6.54 Å². The summed E-state index contributed by atoms with van der Waals surface area (Å²) in [6, 6.07) is 19.8. The molecule has 37 heavy (non-hydrogen) atoms. The van der Waals surface area contributed by atoms with Crippen molar-refractivity contribution in [2.24, 2.45) is 0 Å². The number of rotatable bonds is 8. The zero-order valence-electron chi connectivity index (χ0n) is 20.4. The van der Waals surface area contributed by atoms with Crippen LogP contribution in [0.4, 0.5) is 5.69 Å². The Hall–Kier alpha value is -4.23. The number of aryl methyl sites for hydroxylation is 1. The molecule has 0 aliphatic carbocycles. The lowest BCUT2D eigenvalue weighted by Crippen LogP contribution is -2.19. The average Bonchev–Trinajstić information content (AvgIpc) is 3.37. The largest absolute Gasteiger partial charge is 0.322 e. The highest BCUT2D eigenvalue weighted by molar-refractivity contribution is 6.30. The molecule has 5 aromatic rings. The van der Waals surface area contributed by atoms with Gasteiger partial charge in [0.15, 0.2) is 0 Å². The van der Waals surface area contributed by atoms with Crippen LogP contribution in [0.5, 0.6) is 0 Å². The van der Waals surface area contributed by atoms with Gasteiger partial charge in [-0.15, -0.1) is 0 Å². The van der Waals surface area contributed by atoms with E-state index in [1.54, 1.807) is 53.3 Å². The standard InChI is InChI=1S/C29H26ClN5O2/c1-2-3-4-17-34-26(21-5-7-22(8-6-21)28(37)32-24-13-15-31-16-14-24)18-27(36)35-19-25(33-29(34)35)20-9-11-23(30)12-10-20/h5-16,18-19H,2-4,17H2,1H3,(H,31,32,37). The monoisotopic (exact) mass is 511 g/mol. The van der Waals surface area contributed by atoms with Crippen molar-refractivity contribution in [1.29, 1.82) is 0 Å². The molecular weight excluding hydrogens is 486 g/mol. The zero-order chi connectivity index (χ0) is 25.8. The third-order valence-electron chi connectivity index (χ3n) is 6.22. The molecule has 3 heterocycles. The summed E-state index contributed by atoms with van der Waals surface area (Å²) in [5, 5.41) is 3.51. The number of benzene rings is 2. The van der Waals surface area contributed by atoms with Gasteiger partial charge in [-0.05, 0) is 48.4 Å². The number of aromatic nitrogens is 4. The fraction of sp³-hybridized carbons (Fsp3) is 0.172. The highest BCUT2D eigenvalue weighted by atomic mass is 35.5. The van der Waals surface area contributed by atoms with Crippen molar-refractivity contribution in [3.8, 4) is 22.5 Å². The van der Waals surface area contributed by atoms with Crippen molar-refractivity contribution < 1.29 is 4.79 Å². The molecule has 2 aromatic carbocycles. The first kappa shape index (κ1) is 24.5. The smallest absolute Gasteiger partial charge is 0.259 e. The fourth-order valence-electron chi connectivity index (χ4n) is 4.27. The van der Waals surface area contributed by atoms with Gasteiger partial charge >= 0.3 is 0 Å². The number of amides is 1. The van der Waals surface area contributed by atoms with Gasteiger partial charge in [-0.2, -0.15) is 0 Å². The summed E-state index contributed by atoms with van der Waals surface area (Å²) >= 11 is 6.05. The second-order valence-corrected chi connectivity index (χ2v) is 9.23. The SMILES string of the molecule is CCCCCn1c(-c2ccc(C(=O)Nc3ccncc3)cc2)cc(=O)n2cc(-c3ccc(Cl)cc3)nc12. The van der Waals surface area contributed by atoms with Crippen molar-refractivity contribution >= 4 is 29.0 Å². The second kappa shape index (κ2) is 10.8. The lowest BCUT2D eigenvalue weighted by Gasteiger charge is -2.15. The number of fused-ring (bicyclic) bond motifs is 1. The van der Waals surface area contributed by atoms with Crippen LogP contribution in [0.25, 0.3) is 28.3 Å². The topological polar surface area (TPSA) is 81.3 Å². The number of halogens is 1. The lowest BCUT2D eigenvalue weighted by atomic mass is 10.1. The predicted octanol–water partition coefficient (Wildman–Crippen LogP) is 6.32. The molecule has 0 unspecified atom stereocenters. The summed E-state index contributed by atoms with van der Waals surface area (Å²) in [6.45, 7) is 2.88. The van der Waals surface area contributed by atoms with Crippen molar-refractivity contribution in [2.45, 2.75) is 32.7 Å². The highest BCUT2D eigenvalue weighted by Gasteiger charge is 2.16. The van der Waals surface area contributed by atoms with Gasteiger partial charge < -0.3 is 9.88 Å². The Kier molecular flexibility index (Phi) is 7.14. The van der Waals surface area contributed by atoms with Crippen LogP contribution >= 0.6 is 11.6 Å². The Balaban J connectivity index is 1.53. The van der Waals surface area contributed by atoms with E-state index in [1.165, 1.54) is 0 Å². The number of nitrogens with zero attached hydrogens (tertiary/aromatic N) is 4. The molecule has 0 fully saturated rings. The number of hydrogen-bond acceptors (Lipinski definition) is 4. The number of hydrogen-bond donors (Lipinski definition) is 1. The molecule has 0 saturated carbocycles. The lowest BCUT2D eigenvalue weighted by molar-refractivity contribution is 0.102. The third kappa shape index (κ3) is 5.32. The molecule has 0 bridgehead atoms. The van der Waals surface area contributed by atoms with Crippen molar-refractivity contribution in [1.82, 2.24) is 18.9 Å². The Morgan fingerprint density at radius 1 is 0.946 bits per heavy atom. The number of carbonyl (C=O) groups excluding carboxylic acids is 1. The maximum Gasteiger partial charge on any atom is 0.259 e. The molecule has 0 aliphatic rings. The quantitative estimate of drug-likeness (QED) is 0.247. The molecule has 0 radical (unpaired) electrons. The third-order valence-corrected chi connectivity index (χ3v) is 6.48. The zero-order valence-corrected chi connectivity index (χ0v) is 21.2. The molecule has 1 amide bonds. The van der Waals surface area contributed by atoms with Crippen LogP contribution in [0.1, 0.15) is 36.5 Å². The maximum absolute atomic E-state index is 13.2. The molecule has 0 spiro atoms. The van der Waals surface area contributed by atoms with Gasteiger partial charge in [0.05, 0.1) is 11.4 Å². The summed E-state index contributed by atoms with van der Waals surface area (Å²) < 4.78 is 3.68. The van der Waals surface area contributed by atoms with Gasteiger partial charge in [0.1, 0.15) is 0 Å². The number of unbranched alkanes of at least 4 members (excludes halogenated alkanes) is 2. The Bertz CT molecular complexity index is 1590. The average molecular weight is 512 g/mol. The van der Waals surface area contributed by atoms with E-state index in [0.29, 0.717) is 34.3 Å². The minimum Gasteiger partial charge on any atom is -0.322 e. The van der Waals surface area contributed by atoms with Gasteiger partial charge in [0.2, 0.25) is 5.78 Å². The maximum atomic E-state index is 13.2. The van der Waals surface area contributed by atoms with Crippen molar-refractivity contribution in [2.75, 3.05) is 5.32 Å². The molecule has 3 aromatic heterocycles. The minimum atomic E-state index is -0.214. The van der Waals surface area contributed by atoms with Crippen molar-refractivity contribution in [3.63, 3.8) is 0 Å². The molecule has 1 N–H and O–H groups in total. The van der Waals surface area contributed by atoms with Crippen molar-refractivity contribution in [3.05, 3.63) is 106 Å². The second-order valence-electron chi connectivity index (χ2n) is 8.80. The Labute approximate surface area is 219 Å². The van der Waals surface area contributed by atoms with Crippen LogP contribution in [0.3, 0.4) is 0 Å². The fourth-order valence-corrected chi connectivity index (χ4v) is 4.39. The number of carbonyl (C=O) groups is 1. The number of nitrogens with one attached hydrogen (secondary N) is 1. The summed E-state index contributed by atoms with van der Waals surface area (Å²) in [5.41, 5.74) is 4.24. The van der Waals surface area contributed by atoms with E-state index in [4.69, 9.17) is 16.6 Å². The molecular formula is C29H26ClN5O2. The van der Waals surface area contributed by atoms with Crippen LogP contribution in [-0.4, -0.2) is 24.8 Å². The van der Waals surface area contributed by atoms with Gasteiger partial charge in [0.25, 0.3) is 11.5 Å². The molecule has 0 atom stereocenters. The number of pyridine rings is 1. The van der Waals surface area contributed by atoms with Gasteiger partial charge in [0, 0.05) is 53.0 Å². The van der Waals surface area contributed by atoms with E-state index in [-0.39, 0.29) is 11.5 Å². The first-order chi connectivity index (χ1) is 18.0. The summed E-state index contributed by atoms with van der Waals surface area (Å²) in [7, 11) is 0. The van der Waals surface area contributed by atoms with Crippen LogP contribution in [0, 0.1) is 0 Å². The molecule has 0 aliphatic heterocycles. The first-order valence-electron chi connectivity index (χ1n) is 12.2. The van der Waals surface area contributed by atoms with E-state index in [9.17, 15) is 9.59 Å². The first-order valence-corrected chi connectivity index (χ1v) is 12.6. The highest BCUT2D eigenvalue weighted by Crippen LogP contribution is 2.25. The Morgan fingerprint density at radius 3 is 2.35 bits per heavy atom. The molecule has 186 valence electrons. The summed E-state index contributed by atoms with van der Waals surface area (Å²) in [4.78, 5) is 34.6. The Morgan fingerprint density at radius 2 is 1.65 bits per heavy atom. The van der Waals surface area contributed by atoms with E-state index < -0.39 is 0 Å². The summed E-state index contributed by atoms with van der Waals surface area (Å²) in [5.74, 6) is 0.373. The van der Waals surface area contributed by atoms with E-state index in [0.717, 1.165) is 36.1 Å².